The topological polar surface area (TPSA) is 45.1 Å². The van der Waals surface area contributed by atoms with Crippen LogP contribution in [0.1, 0.15) is 25.7 Å². The molecule has 16 heavy (non-hydrogen) atoms. The summed E-state index contributed by atoms with van der Waals surface area (Å²) in [5.41, 5.74) is 0. The second-order valence-electron chi connectivity index (χ2n) is 4.40. The number of hydrogen-bond acceptors (Lipinski definition) is 3. The summed E-state index contributed by atoms with van der Waals surface area (Å²) in [5.74, 6) is 1.27. The quantitative estimate of drug-likeness (QED) is 0.854. The lowest BCUT2D eigenvalue weighted by Crippen LogP contribution is -2.25. The lowest BCUT2D eigenvalue weighted by Gasteiger charge is -2.26. The third-order valence-electron chi connectivity index (χ3n) is 3.07. The zero-order valence-corrected chi connectivity index (χ0v) is 9.95. The Hall–Kier alpha value is -0.800. The van der Waals surface area contributed by atoms with Crippen LogP contribution in [-0.2, 0) is 0 Å². The van der Waals surface area contributed by atoms with E-state index in [4.69, 9.17) is 11.6 Å². The number of pyridine rings is 1. The van der Waals surface area contributed by atoms with Crippen molar-refractivity contribution in [1.29, 1.82) is 0 Å². The maximum absolute atomic E-state index is 9.56. The summed E-state index contributed by atoms with van der Waals surface area (Å²) in [6, 6.07) is 3.64. The molecule has 2 rings (SSSR count). The first-order valence-electron chi connectivity index (χ1n) is 5.78. The Morgan fingerprint density at radius 3 is 3.12 bits per heavy atom. The zero-order chi connectivity index (χ0) is 11.4. The van der Waals surface area contributed by atoms with Gasteiger partial charge in [-0.1, -0.05) is 18.0 Å². The molecule has 1 aromatic heterocycles. The molecule has 1 fully saturated rings. The highest BCUT2D eigenvalue weighted by molar-refractivity contribution is 6.32. The molecule has 1 heterocycles. The molecule has 0 amide bonds. The van der Waals surface area contributed by atoms with E-state index in [1.54, 1.807) is 6.20 Å². The number of aliphatic hydroxyl groups is 1. The van der Waals surface area contributed by atoms with Crippen LogP contribution < -0.4 is 5.32 Å². The van der Waals surface area contributed by atoms with Crippen molar-refractivity contribution in [2.24, 2.45) is 5.92 Å². The summed E-state index contributed by atoms with van der Waals surface area (Å²) in [6.45, 7) is 0.841. The molecular weight excluding hydrogens is 224 g/mol. The molecule has 0 spiro atoms. The molecule has 2 unspecified atom stereocenters. The molecule has 4 heteroatoms. The van der Waals surface area contributed by atoms with Crippen LogP contribution in [0.3, 0.4) is 0 Å². The maximum atomic E-state index is 9.56. The number of anilines is 1. The van der Waals surface area contributed by atoms with Gasteiger partial charge in [-0.3, -0.25) is 0 Å². The largest absolute Gasteiger partial charge is 0.393 e. The van der Waals surface area contributed by atoms with E-state index in [0.29, 0.717) is 10.9 Å². The standard InChI is InChI=1S/C12H17ClN2O/c13-11-5-2-6-14-12(11)15-8-9-3-1-4-10(16)7-9/h2,5-6,9-10,16H,1,3-4,7-8H2,(H,14,15). The molecule has 2 N–H and O–H groups in total. The van der Waals surface area contributed by atoms with Crippen molar-refractivity contribution in [1.82, 2.24) is 4.98 Å². The van der Waals surface area contributed by atoms with Crippen LogP contribution in [-0.4, -0.2) is 22.7 Å². The van der Waals surface area contributed by atoms with Crippen LogP contribution in [0.5, 0.6) is 0 Å². The van der Waals surface area contributed by atoms with Crippen molar-refractivity contribution < 1.29 is 5.11 Å². The molecule has 1 aliphatic rings. The van der Waals surface area contributed by atoms with Gasteiger partial charge in [0.05, 0.1) is 11.1 Å². The van der Waals surface area contributed by atoms with Gasteiger partial charge in [0.1, 0.15) is 5.82 Å². The highest BCUT2D eigenvalue weighted by Gasteiger charge is 2.19. The average molecular weight is 241 g/mol. The summed E-state index contributed by atoms with van der Waals surface area (Å²) in [6.07, 6.45) is 5.72. The highest BCUT2D eigenvalue weighted by atomic mass is 35.5. The molecule has 0 aliphatic heterocycles. The van der Waals surface area contributed by atoms with Gasteiger partial charge in [-0.2, -0.15) is 0 Å². The Kier molecular flexibility index (Phi) is 4.02. The van der Waals surface area contributed by atoms with Gasteiger partial charge in [-0.25, -0.2) is 4.98 Å². The Morgan fingerprint density at radius 2 is 2.38 bits per heavy atom. The van der Waals surface area contributed by atoms with Gasteiger partial charge in [0.15, 0.2) is 0 Å². The number of nitrogens with one attached hydrogen (secondary N) is 1. The normalized spacial score (nSPS) is 25.4. The third-order valence-corrected chi connectivity index (χ3v) is 3.38. The highest BCUT2D eigenvalue weighted by Crippen LogP contribution is 2.25. The molecule has 88 valence electrons. The summed E-state index contributed by atoms with van der Waals surface area (Å²) in [7, 11) is 0. The van der Waals surface area contributed by atoms with Gasteiger partial charge in [0.2, 0.25) is 0 Å². The first kappa shape index (κ1) is 11.7. The van der Waals surface area contributed by atoms with Gasteiger partial charge >= 0.3 is 0 Å². The lowest BCUT2D eigenvalue weighted by atomic mass is 9.87. The smallest absolute Gasteiger partial charge is 0.144 e. The summed E-state index contributed by atoms with van der Waals surface area (Å²) < 4.78 is 0. The monoisotopic (exact) mass is 240 g/mol. The van der Waals surface area contributed by atoms with E-state index in [9.17, 15) is 5.11 Å². The second kappa shape index (κ2) is 5.51. The van der Waals surface area contributed by atoms with Crippen LogP contribution in [0, 0.1) is 5.92 Å². The molecular formula is C12H17ClN2O. The van der Waals surface area contributed by atoms with Crippen molar-refractivity contribution in [2.45, 2.75) is 31.8 Å². The number of halogens is 1. The van der Waals surface area contributed by atoms with Gasteiger partial charge < -0.3 is 10.4 Å². The number of nitrogens with zero attached hydrogens (tertiary/aromatic N) is 1. The van der Waals surface area contributed by atoms with Gasteiger partial charge in [-0.15, -0.1) is 0 Å². The minimum Gasteiger partial charge on any atom is -0.393 e. The molecule has 3 nitrogen and oxygen atoms in total. The Labute approximate surface area is 101 Å². The maximum Gasteiger partial charge on any atom is 0.144 e. The van der Waals surface area contributed by atoms with Crippen molar-refractivity contribution in [3.63, 3.8) is 0 Å². The van der Waals surface area contributed by atoms with Crippen LogP contribution >= 0.6 is 11.6 Å². The number of rotatable bonds is 3. The fraction of sp³-hybridized carbons (Fsp3) is 0.583. The minimum atomic E-state index is -0.125. The van der Waals surface area contributed by atoms with Gasteiger partial charge in [0, 0.05) is 12.7 Å². The Morgan fingerprint density at radius 1 is 1.50 bits per heavy atom. The zero-order valence-electron chi connectivity index (χ0n) is 9.19. The van der Waals surface area contributed by atoms with E-state index in [1.165, 1.54) is 6.42 Å². The summed E-state index contributed by atoms with van der Waals surface area (Å²) in [4.78, 5) is 4.18. The van der Waals surface area contributed by atoms with Crippen LogP contribution in [0.15, 0.2) is 18.3 Å². The number of hydrogen-bond donors (Lipinski definition) is 2. The molecule has 0 radical (unpaired) electrons. The molecule has 0 bridgehead atoms. The molecule has 1 aliphatic carbocycles. The first-order chi connectivity index (χ1) is 7.75. The summed E-state index contributed by atoms with van der Waals surface area (Å²) >= 11 is 6.00. The van der Waals surface area contributed by atoms with Crippen LogP contribution in [0.4, 0.5) is 5.82 Å². The Balaban J connectivity index is 1.85. The van der Waals surface area contributed by atoms with Crippen LogP contribution in [0.25, 0.3) is 0 Å². The molecule has 0 saturated heterocycles. The van der Waals surface area contributed by atoms with E-state index in [-0.39, 0.29) is 6.10 Å². The van der Waals surface area contributed by atoms with Crippen molar-refractivity contribution in [2.75, 3.05) is 11.9 Å². The van der Waals surface area contributed by atoms with E-state index < -0.39 is 0 Å². The second-order valence-corrected chi connectivity index (χ2v) is 4.81. The van der Waals surface area contributed by atoms with E-state index in [1.807, 2.05) is 12.1 Å². The molecule has 2 atom stereocenters. The van der Waals surface area contributed by atoms with E-state index in [2.05, 4.69) is 10.3 Å². The van der Waals surface area contributed by atoms with Crippen molar-refractivity contribution >= 4 is 17.4 Å². The fourth-order valence-corrected chi connectivity index (χ4v) is 2.39. The van der Waals surface area contributed by atoms with Gasteiger partial charge in [-0.05, 0) is 37.3 Å². The van der Waals surface area contributed by atoms with Crippen molar-refractivity contribution in [3.8, 4) is 0 Å². The van der Waals surface area contributed by atoms with Gasteiger partial charge in [0.25, 0.3) is 0 Å². The van der Waals surface area contributed by atoms with E-state index in [0.717, 1.165) is 31.6 Å². The lowest BCUT2D eigenvalue weighted by molar-refractivity contribution is 0.104. The number of aliphatic hydroxyl groups excluding tert-OH is 1. The van der Waals surface area contributed by atoms with E-state index >= 15 is 0 Å². The Bertz CT molecular complexity index is 346. The SMILES string of the molecule is OC1CCCC(CNc2ncccc2Cl)C1. The summed E-state index contributed by atoms with van der Waals surface area (Å²) in [5, 5.41) is 13.5. The first-order valence-corrected chi connectivity index (χ1v) is 6.16. The predicted octanol–water partition coefficient (Wildman–Crippen LogP) is 2.70. The molecule has 0 aromatic carbocycles. The van der Waals surface area contributed by atoms with Crippen molar-refractivity contribution in [3.05, 3.63) is 23.4 Å². The van der Waals surface area contributed by atoms with Crippen LogP contribution in [0.2, 0.25) is 5.02 Å². The molecule has 1 aromatic rings. The third kappa shape index (κ3) is 3.09. The average Bonchev–Trinajstić information content (AvgIpc) is 2.28. The predicted molar refractivity (Wildman–Crippen MR) is 65.7 cm³/mol. The molecule has 1 saturated carbocycles. The number of aromatic nitrogens is 1. The minimum absolute atomic E-state index is 0.125. The fourth-order valence-electron chi connectivity index (χ4n) is 2.20.